The Balaban J connectivity index is 2.22. The molecule has 1 unspecified atom stereocenters. The predicted molar refractivity (Wildman–Crippen MR) is 84.9 cm³/mol. The highest BCUT2D eigenvalue weighted by Crippen LogP contribution is 2.38. The van der Waals surface area contributed by atoms with E-state index in [2.05, 4.69) is 30.9 Å². The third-order valence-corrected chi connectivity index (χ3v) is 4.58. The molecule has 112 valence electrons. The monoisotopic (exact) mass is 276 g/mol. The van der Waals surface area contributed by atoms with Crippen molar-refractivity contribution in [2.24, 2.45) is 0 Å². The van der Waals surface area contributed by atoms with Crippen molar-refractivity contribution < 1.29 is 4.74 Å². The maximum Gasteiger partial charge on any atom is 0.0590 e. The average molecular weight is 276 g/mol. The highest BCUT2D eigenvalue weighted by Gasteiger charge is 2.30. The molecule has 2 rings (SSSR count). The molecule has 20 heavy (non-hydrogen) atoms. The van der Waals surface area contributed by atoms with Crippen LogP contribution >= 0.6 is 0 Å². The summed E-state index contributed by atoms with van der Waals surface area (Å²) in [7, 11) is 1.79. The minimum absolute atomic E-state index is 0.533. The van der Waals surface area contributed by atoms with Crippen molar-refractivity contribution in [1.82, 2.24) is 4.90 Å². The Hall–Kier alpha value is -1.06. The van der Waals surface area contributed by atoms with Gasteiger partial charge in [0.1, 0.15) is 0 Å². The van der Waals surface area contributed by atoms with E-state index in [0.29, 0.717) is 12.1 Å². The molecule has 2 N–H and O–H groups in total. The van der Waals surface area contributed by atoms with Gasteiger partial charge in [-0.1, -0.05) is 19.9 Å². The number of rotatable bonds is 7. The lowest BCUT2D eigenvalue weighted by Gasteiger charge is -2.36. The molecule has 0 aliphatic heterocycles. The number of benzene rings is 1. The fourth-order valence-corrected chi connectivity index (χ4v) is 3.51. The first-order valence-electron chi connectivity index (χ1n) is 7.84. The SMILES string of the molecule is CCC(CC)N(CCOC)C1CCc2cc(N)ccc21. The molecule has 0 spiro atoms. The molecule has 1 aliphatic carbocycles. The van der Waals surface area contributed by atoms with Gasteiger partial charge in [-0.3, -0.25) is 4.90 Å². The van der Waals surface area contributed by atoms with Crippen molar-refractivity contribution in [3.8, 4) is 0 Å². The Bertz CT molecular complexity index is 429. The summed E-state index contributed by atoms with van der Waals surface area (Å²) in [6.45, 7) is 6.38. The van der Waals surface area contributed by atoms with Gasteiger partial charge in [0.25, 0.3) is 0 Å². The molecule has 0 saturated carbocycles. The summed E-state index contributed by atoms with van der Waals surface area (Å²) >= 11 is 0. The van der Waals surface area contributed by atoms with Crippen LogP contribution in [-0.4, -0.2) is 31.2 Å². The Kier molecular flexibility index (Phi) is 5.44. The standard InChI is InChI=1S/C17H28N2O/c1-4-15(5-2)19(10-11-20-3)17-9-6-13-12-14(18)7-8-16(13)17/h7-8,12,15,17H,4-6,9-11,18H2,1-3H3. The largest absolute Gasteiger partial charge is 0.399 e. The molecular weight excluding hydrogens is 248 g/mol. The second-order valence-electron chi connectivity index (χ2n) is 5.71. The number of methoxy groups -OCH3 is 1. The Labute approximate surface area is 123 Å². The van der Waals surface area contributed by atoms with E-state index in [-0.39, 0.29) is 0 Å². The number of ether oxygens (including phenoxy) is 1. The van der Waals surface area contributed by atoms with Gasteiger partial charge in [0.15, 0.2) is 0 Å². The van der Waals surface area contributed by atoms with Gasteiger partial charge in [0.2, 0.25) is 0 Å². The van der Waals surface area contributed by atoms with Crippen molar-refractivity contribution in [1.29, 1.82) is 0 Å². The lowest BCUT2D eigenvalue weighted by atomic mass is 10.0. The molecule has 3 nitrogen and oxygen atoms in total. The van der Waals surface area contributed by atoms with Gasteiger partial charge in [0, 0.05) is 31.4 Å². The molecule has 3 heteroatoms. The molecule has 1 aliphatic rings. The topological polar surface area (TPSA) is 38.5 Å². The highest BCUT2D eigenvalue weighted by molar-refractivity contribution is 5.47. The predicted octanol–water partition coefficient (Wildman–Crippen LogP) is 3.39. The molecule has 0 bridgehead atoms. The van der Waals surface area contributed by atoms with Crippen molar-refractivity contribution in [2.75, 3.05) is 26.0 Å². The maximum absolute atomic E-state index is 5.91. The average Bonchev–Trinajstić information content (AvgIpc) is 2.86. The van der Waals surface area contributed by atoms with Gasteiger partial charge >= 0.3 is 0 Å². The third kappa shape index (κ3) is 3.15. The summed E-state index contributed by atoms with van der Waals surface area (Å²) in [5.74, 6) is 0. The van der Waals surface area contributed by atoms with Crippen LogP contribution in [-0.2, 0) is 11.2 Å². The zero-order valence-electron chi connectivity index (χ0n) is 13.1. The van der Waals surface area contributed by atoms with Gasteiger partial charge < -0.3 is 10.5 Å². The van der Waals surface area contributed by atoms with Crippen molar-refractivity contribution in [2.45, 2.75) is 51.6 Å². The number of fused-ring (bicyclic) bond motifs is 1. The first-order valence-corrected chi connectivity index (χ1v) is 7.84. The fraction of sp³-hybridized carbons (Fsp3) is 0.647. The number of nitrogens with zero attached hydrogens (tertiary/aromatic N) is 1. The lowest BCUT2D eigenvalue weighted by Crippen LogP contribution is -2.39. The molecule has 0 heterocycles. The molecule has 1 aromatic carbocycles. The summed E-state index contributed by atoms with van der Waals surface area (Å²) in [4.78, 5) is 2.64. The third-order valence-electron chi connectivity index (χ3n) is 4.58. The summed E-state index contributed by atoms with van der Waals surface area (Å²) in [5, 5.41) is 0. The minimum Gasteiger partial charge on any atom is -0.399 e. The van der Waals surface area contributed by atoms with E-state index in [1.165, 1.54) is 30.4 Å². The maximum atomic E-state index is 5.91. The van der Waals surface area contributed by atoms with Crippen LogP contribution in [0.3, 0.4) is 0 Å². The second kappa shape index (κ2) is 7.09. The minimum atomic E-state index is 0.533. The number of hydrogen-bond donors (Lipinski definition) is 1. The van der Waals surface area contributed by atoms with Gasteiger partial charge in [-0.15, -0.1) is 0 Å². The molecule has 0 amide bonds. The Morgan fingerprint density at radius 2 is 2.10 bits per heavy atom. The zero-order valence-corrected chi connectivity index (χ0v) is 13.1. The van der Waals surface area contributed by atoms with E-state index < -0.39 is 0 Å². The molecular formula is C17H28N2O. The van der Waals surface area contributed by atoms with E-state index in [1.54, 1.807) is 7.11 Å². The smallest absolute Gasteiger partial charge is 0.0590 e. The van der Waals surface area contributed by atoms with Gasteiger partial charge in [-0.2, -0.15) is 0 Å². The highest BCUT2D eigenvalue weighted by atomic mass is 16.5. The fourth-order valence-electron chi connectivity index (χ4n) is 3.51. The van der Waals surface area contributed by atoms with Crippen LogP contribution in [0.2, 0.25) is 0 Å². The van der Waals surface area contributed by atoms with Crippen molar-refractivity contribution >= 4 is 5.69 Å². The Morgan fingerprint density at radius 3 is 2.75 bits per heavy atom. The molecule has 0 fully saturated rings. The molecule has 1 aromatic rings. The van der Waals surface area contributed by atoms with Gasteiger partial charge in [0.05, 0.1) is 6.61 Å². The van der Waals surface area contributed by atoms with Gasteiger partial charge in [-0.05, 0) is 48.9 Å². The lowest BCUT2D eigenvalue weighted by molar-refractivity contribution is 0.0792. The summed E-state index contributed by atoms with van der Waals surface area (Å²) in [6.07, 6.45) is 4.75. The number of aryl methyl sites for hydroxylation is 1. The van der Waals surface area contributed by atoms with Crippen LogP contribution in [0.4, 0.5) is 5.69 Å². The van der Waals surface area contributed by atoms with Crippen molar-refractivity contribution in [3.05, 3.63) is 29.3 Å². The van der Waals surface area contributed by atoms with Crippen LogP contribution in [0.1, 0.15) is 50.3 Å². The normalized spacial score (nSPS) is 17.9. The van der Waals surface area contributed by atoms with Crippen LogP contribution in [0.25, 0.3) is 0 Å². The van der Waals surface area contributed by atoms with Gasteiger partial charge in [-0.25, -0.2) is 0 Å². The molecule has 1 atom stereocenters. The van der Waals surface area contributed by atoms with E-state index >= 15 is 0 Å². The van der Waals surface area contributed by atoms with Crippen LogP contribution < -0.4 is 5.73 Å². The zero-order chi connectivity index (χ0) is 14.5. The summed E-state index contributed by atoms with van der Waals surface area (Å²) < 4.78 is 5.32. The quantitative estimate of drug-likeness (QED) is 0.776. The Morgan fingerprint density at radius 1 is 1.35 bits per heavy atom. The molecule has 0 saturated heterocycles. The van der Waals surface area contributed by atoms with Crippen LogP contribution in [0.15, 0.2) is 18.2 Å². The van der Waals surface area contributed by atoms with Crippen LogP contribution in [0.5, 0.6) is 0 Å². The first kappa shape index (κ1) is 15.3. The summed E-state index contributed by atoms with van der Waals surface area (Å²) in [5.41, 5.74) is 9.70. The molecule has 0 radical (unpaired) electrons. The molecule has 0 aromatic heterocycles. The van der Waals surface area contributed by atoms with E-state index in [1.807, 2.05) is 6.07 Å². The van der Waals surface area contributed by atoms with E-state index in [9.17, 15) is 0 Å². The van der Waals surface area contributed by atoms with Crippen LogP contribution in [0, 0.1) is 0 Å². The summed E-state index contributed by atoms with van der Waals surface area (Å²) in [6, 6.07) is 7.59. The second-order valence-corrected chi connectivity index (χ2v) is 5.71. The number of hydrogen-bond acceptors (Lipinski definition) is 3. The number of nitrogen functional groups attached to an aromatic ring is 1. The number of anilines is 1. The first-order chi connectivity index (χ1) is 9.71. The van der Waals surface area contributed by atoms with E-state index in [4.69, 9.17) is 10.5 Å². The number of nitrogens with two attached hydrogens (primary N) is 1. The van der Waals surface area contributed by atoms with E-state index in [0.717, 1.165) is 25.3 Å². The van der Waals surface area contributed by atoms with Crippen molar-refractivity contribution in [3.63, 3.8) is 0 Å².